The molecule has 2 fully saturated rings. The lowest BCUT2D eigenvalue weighted by Crippen LogP contribution is -2.54. The van der Waals surface area contributed by atoms with Crippen LogP contribution in [0.5, 0.6) is 0 Å². The zero-order chi connectivity index (χ0) is 29.3. The van der Waals surface area contributed by atoms with Crippen LogP contribution in [0, 0.1) is 11.3 Å². The third kappa shape index (κ3) is 5.15. The topological polar surface area (TPSA) is 105 Å². The second-order valence-corrected chi connectivity index (χ2v) is 11.7. The summed E-state index contributed by atoms with van der Waals surface area (Å²) in [6.07, 6.45) is 0.788. The molecule has 3 aromatic rings. The summed E-state index contributed by atoms with van der Waals surface area (Å²) in [6, 6.07) is 24.8. The first-order chi connectivity index (χ1) is 20.4. The normalized spacial score (nSPS) is 22.1. The van der Waals surface area contributed by atoms with Crippen LogP contribution in [-0.2, 0) is 25.7 Å². The van der Waals surface area contributed by atoms with Gasteiger partial charge in [0, 0.05) is 19.0 Å². The van der Waals surface area contributed by atoms with E-state index in [2.05, 4.69) is 29.6 Å². The molecule has 4 atom stereocenters. The number of nitrogens with one attached hydrogen (secondary N) is 1. The summed E-state index contributed by atoms with van der Waals surface area (Å²) in [5, 5.41) is 12.8. The van der Waals surface area contributed by atoms with E-state index in [0.717, 1.165) is 40.7 Å². The smallest absolute Gasteiger partial charge is 0.407 e. The molecule has 0 spiro atoms. The largest absolute Gasteiger partial charge is 0.481 e. The fraction of sp³-hybridized carbons (Fsp3) is 0.382. The van der Waals surface area contributed by atoms with Crippen molar-refractivity contribution in [2.75, 3.05) is 19.7 Å². The van der Waals surface area contributed by atoms with Crippen molar-refractivity contribution in [3.05, 3.63) is 95.6 Å². The van der Waals surface area contributed by atoms with E-state index in [9.17, 15) is 19.5 Å². The van der Waals surface area contributed by atoms with Gasteiger partial charge in [0.2, 0.25) is 5.91 Å². The monoisotopic (exact) mass is 568 g/mol. The first-order valence-electron chi connectivity index (χ1n) is 14.7. The number of amides is 2. The van der Waals surface area contributed by atoms with Crippen molar-refractivity contribution < 1.29 is 29.0 Å². The summed E-state index contributed by atoms with van der Waals surface area (Å²) in [4.78, 5) is 41.0. The Balaban J connectivity index is 1.17. The summed E-state index contributed by atoms with van der Waals surface area (Å²) >= 11 is 0. The summed E-state index contributed by atoms with van der Waals surface area (Å²) in [7, 11) is 0. The Bertz CT molecular complexity index is 1430. The highest BCUT2D eigenvalue weighted by Crippen LogP contribution is 2.49. The molecule has 3 aromatic carbocycles. The highest BCUT2D eigenvalue weighted by molar-refractivity contribution is 5.88. The van der Waals surface area contributed by atoms with Crippen LogP contribution >= 0.6 is 0 Å². The number of ether oxygens (including phenoxy) is 2. The van der Waals surface area contributed by atoms with Gasteiger partial charge in [-0.2, -0.15) is 0 Å². The highest BCUT2D eigenvalue weighted by atomic mass is 16.5. The van der Waals surface area contributed by atoms with Gasteiger partial charge in [0.1, 0.15) is 12.6 Å². The van der Waals surface area contributed by atoms with Crippen LogP contribution in [0.1, 0.15) is 48.8 Å². The van der Waals surface area contributed by atoms with E-state index in [1.807, 2.05) is 54.6 Å². The Morgan fingerprint density at radius 2 is 1.62 bits per heavy atom. The number of alkyl carbamates (subject to hydrolysis) is 1. The minimum absolute atomic E-state index is 0.0883. The van der Waals surface area contributed by atoms with Crippen LogP contribution in [0.2, 0.25) is 0 Å². The van der Waals surface area contributed by atoms with E-state index in [0.29, 0.717) is 13.0 Å². The third-order valence-electron chi connectivity index (χ3n) is 9.32. The SMILES string of the molecule is C[C@H](OCc1ccccc1)[C@@H](NC(=O)OCC1c2ccccc2-c2ccccc21)C(=O)N1C[C@H]2CCC[C@@]2(C(=O)O)C1. The molecule has 0 aromatic heterocycles. The maximum absolute atomic E-state index is 13.9. The van der Waals surface area contributed by atoms with Crippen LogP contribution in [0.3, 0.4) is 0 Å². The predicted molar refractivity (Wildman–Crippen MR) is 157 cm³/mol. The van der Waals surface area contributed by atoms with Crippen molar-refractivity contribution in [2.24, 2.45) is 11.3 Å². The fourth-order valence-electron chi connectivity index (χ4n) is 7.05. The Kier molecular flexibility index (Phi) is 7.73. The summed E-state index contributed by atoms with van der Waals surface area (Å²) < 4.78 is 11.8. The minimum Gasteiger partial charge on any atom is -0.481 e. The molecule has 0 unspecified atom stereocenters. The van der Waals surface area contributed by atoms with Gasteiger partial charge in [0.15, 0.2) is 0 Å². The van der Waals surface area contributed by atoms with E-state index in [-0.39, 0.29) is 37.5 Å². The number of carboxylic acid groups (broad SMARTS) is 1. The van der Waals surface area contributed by atoms with Crippen LogP contribution in [0.4, 0.5) is 4.79 Å². The molecule has 0 bridgehead atoms. The van der Waals surface area contributed by atoms with Crippen molar-refractivity contribution in [1.82, 2.24) is 10.2 Å². The van der Waals surface area contributed by atoms with Crippen molar-refractivity contribution in [2.45, 2.75) is 50.9 Å². The standard InChI is InChI=1S/C34H36N2O6/c1-22(41-19-23-10-3-2-4-11-23)30(31(37)36-18-24-12-9-17-34(24,21-36)32(38)39)35-33(40)42-20-29-27-15-7-5-13-25(27)26-14-6-8-16-28(26)29/h2-8,10-11,13-16,22,24,29-30H,9,12,17-21H2,1H3,(H,35,40)(H,38,39)/t22-,24+,30+,34+/m0/s1. The molecule has 1 heterocycles. The molecule has 8 nitrogen and oxygen atoms in total. The van der Waals surface area contributed by atoms with E-state index < -0.39 is 29.6 Å². The van der Waals surface area contributed by atoms with Crippen molar-refractivity contribution in [3.8, 4) is 11.1 Å². The van der Waals surface area contributed by atoms with Gasteiger partial charge in [-0.3, -0.25) is 9.59 Å². The Labute approximate surface area is 245 Å². The average Bonchev–Trinajstić information content (AvgIpc) is 3.68. The Hall–Kier alpha value is -4.17. The van der Waals surface area contributed by atoms with Crippen LogP contribution < -0.4 is 5.32 Å². The minimum atomic E-state index is -1.03. The second kappa shape index (κ2) is 11.6. The van der Waals surface area contributed by atoms with Gasteiger partial charge in [-0.1, -0.05) is 85.3 Å². The van der Waals surface area contributed by atoms with Gasteiger partial charge in [-0.25, -0.2) is 4.79 Å². The zero-order valence-electron chi connectivity index (χ0n) is 23.7. The summed E-state index contributed by atoms with van der Waals surface area (Å²) in [5.74, 6) is -1.40. The van der Waals surface area contributed by atoms with Crippen molar-refractivity contribution in [3.63, 3.8) is 0 Å². The number of aliphatic carboxylic acids is 1. The number of nitrogens with zero attached hydrogens (tertiary/aromatic N) is 1. The van der Waals surface area contributed by atoms with E-state index in [1.54, 1.807) is 11.8 Å². The van der Waals surface area contributed by atoms with Gasteiger partial charge in [0.25, 0.3) is 0 Å². The molecule has 8 heteroatoms. The summed E-state index contributed by atoms with van der Waals surface area (Å²) in [5.41, 5.74) is 4.48. The number of fused-ring (bicyclic) bond motifs is 4. The maximum Gasteiger partial charge on any atom is 0.407 e. The number of hydrogen-bond donors (Lipinski definition) is 2. The summed E-state index contributed by atoms with van der Waals surface area (Å²) in [6.45, 7) is 2.63. The quantitative estimate of drug-likeness (QED) is 0.367. The van der Waals surface area contributed by atoms with Crippen LogP contribution in [0.25, 0.3) is 11.1 Å². The van der Waals surface area contributed by atoms with Gasteiger partial charge in [-0.05, 0) is 53.5 Å². The lowest BCUT2D eigenvalue weighted by molar-refractivity contribution is -0.149. The average molecular weight is 569 g/mol. The van der Waals surface area contributed by atoms with Gasteiger partial charge >= 0.3 is 12.1 Å². The predicted octanol–water partition coefficient (Wildman–Crippen LogP) is 5.21. The molecule has 0 radical (unpaired) electrons. The maximum atomic E-state index is 13.9. The molecular formula is C34H36N2O6. The third-order valence-corrected chi connectivity index (χ3v) is 9.32. The first kappa shape index (κ1) is 28.0. The van der Waals surface area contributed by atoms with Crippen LogP contribution in [0.15, 0.2) is 78.9 Å². The Morgan fingerprint density at radius 3 is 2.26 bits per heavy atom. The number of carbonyl (C=O) groups is 3. The molecule has 42 heavy (non-hydrogen) atoms. The van der Waals surface area contributed by atoms with Crippen LogP contribution in [-0.4, -0.2) is 59.8 Å². The highest BCUT2D eigenvalue weighted by Gasteiger charge is 2.56. The molecule has 218 valence electrons. The molecule has 2 amide bonds. The molecular weight excluding hydrogens is 532 g/mol. The molecule has 6 rings (SSSR count). The van der Waals surface area contributed by atoms with Gasteiger partial charge in [-0.15, -0.1) is 0 Å². The van der Waals surface area contributed by atoms with Crippen molar-refractivity contribution >= 4 is 18.0 Å². The molecule has 2 N–H and O–H groups in total. The molecule has 3 aliphatic rings. The van der Waals surface area contributed by atoms with E-state index >= 15 is 0 Å². The number of benzene rings is 3. The number of carboxylic acids is 1. The lowest BCUT2D eigenvalue weighted by atomic mass is 9.81. The molecule has 1 saturated carbocycles. The second-order valence-electron chi connectivity index (χ2n) is 11.7. The Morgan fingerprint density at radius 1 is 0.976 bits per heavy atom. The van der Waals surface area contributed by atoms with E-state index in [1.165, 1.54) is 0 Å². The lowest BCUT2D eigenvalue weighted by Gasteiger charge is -2.30. The van der Waals surface area contributed by atoms with Gasteiger partial charge in [0.05, 0.1) is 18.1 Å². The van der Waals surface area contributed by atoms with E-state index in [4.69, 9.17) is 9.47 Å². The number of hydrogen-bond acceptors (Lipinski definition) is 5. The molecule has 2 aliphatic carbocycles. The number of rotatable bonds is 9. The zero-order valence-corrected chi connectivity index (χ0v) is 23.7. The van der Waals surface area contributed by atoms with Gasteiger partial charge < -0.3 is 24.8 Å². The van der Waals surface area contributed by atoms with Crippen molar-refractivity contribution in [1.29, 1.82) is 0 Å². The first-order valence-corrected chi connectivity index (χ1v) is 14.7. The molecule has 1 saturated heterocycles. The number of carbonyl (C=O) groups excluding carboxylic acids is 2. The molecule has 1 aliphatic heterocycles. The fourth-order valence-corrected chi connectivity index (χ4v) is 7.05. The number of likely N-dealkylation sites (tertiary alicyclic amines) is 1.